The molecule has 150 valence electrons. The van der Waals surface area contributed by atoms with Gasteiger partial charge in [-0.25, -0.2) is 14.1 Å². The van der Waals surface area contributed by atoms with Gasteiger partial charge in [-0.05, 0) is 31.4 Å². The molecule has 0 aromatic heterocycles. The van der Waals surface area contributed by atoms with Crippen molar-refractivity contribution in [1.82, 2.24) is 5.32 Å². The highest BCUT2D eigenvalue weighted by Crippen LogP contribution is 2.23. The zero-order valence-electron chi connectivity index (χ0n) is 16.1. The van der Waals surface area contributed by atoms with Crippen LogP contribution in [0.3, 0.4) is 0 Å². The number of carbonyl (C=O) groups is 1. The van der Waals surface area contributed by atoms with Crippen LogP contribution in [0.1, 0.15) is 52.4 Å². The van der Waals surface area contributed by atoms with Gasteiger partial charge in [0.1, 0.15) is 16.7 Å². The lowest BCUT2D eigenvalue weighted by Gasteiger charge is -2.19. The maximum Gasteiger partial charge on any atom is 0.335 e. The lowest BCUT2D eigenvalue weighted by atomic mass is 10.1. The van der Waals surface area contributed by atoms with Gasteiger partial charge in [0.2, 0.25) is 0 Å². The maximum atomic E-state index is 12.1. The molecule has 0 aromatic rings. The van der Waals surface area contributed by atoms with E-state index in [1.54, 1.807) is 6.20 Å². The average molecular weight is 395 g/mol. The molecule has 0 aromatic carbocycles. The van der Waals surface area contributed by atoms with Gasteiger partial charge in [0.05, 0.1) is 10.5 Å². The highest BCUT2D eigenvalue weighted by molar-refractivity contribution is 7.87. The Morgan fingerprint density at radius 2 is 2.11 bits per heavy atom. The molecule has 6 nitrogen and oxygen atoms in total. The van der Waals surface area contributed by atoms with Crippen LogP contribution in [0.2, 0.25) is 0 Å². The van der Waals surface area contributed by atoms with Gasteiger partial charge in [-0.1, -0.05) is 45.4 Å². The summed E-state index contributed by atoms with van der Waals surface area (Å²) >= 11 is 0. The summed E-state index contributed by atoms with van der Waals surface area (Å²) < 4.78 is 18.0. The number of rotatable bonds is 12. The standard InChI is InChI=1S/C20H30N2O4S/c1-4-9-16(10-5-2)22-14-18(26-17-11-7-6-8-12-17)19(27(21)25)13-15(3)20(23)24/h6-7,11,13-14,16,22H,3-5,8-10,12,21H2,1-2H3,(H,23,24)/b18-14-,19-13+. The van der Waals surface area contributed by atoms with Crippen molar-refractivity contribution >= 4 is 17.0 Å². The summed E-state index contributed by atoms with van der Waals surface area (Å²) in [5.74, 6) is -0.262. The smallest absolute Gasteiger partial charge is 0.335 e. The zero-order chi connectivity index (χ0) is 20.2. The lowest BCUT2D eigenvalue weighted by Crippen LogP contribution is -2.25. The monoisotopic (exact) mass is 394 g/mol. The van der Waals surface area contributed by atoms with E-state index in [2.05, 4.69) is 25.7 Å². The fourth-order valence-electron chi connectivity index (χ4n) is 2.61. The first-order valence-electron chi connectivity index (χ1n) is 9.19. The molecular formula is C20H30N2O4S. The van der Waals surface area contributed by atoms with Crippen LogP contribution < -0.4 is 10.5 Å². The Kier molecular flexibility index (Phi) is 10.4. The highest BCUT2D eigenvalue weighted by Gasteiger charge is 2.17. The van der Waals surface area contributed by atoms with Gasteiger partial charge in [0.15, 0.2) is 5.76 Å². The number of hydrogen-bond donors (Lipinski definition) is 3. The SMILES string of the molecule is C=C(/C=C(\C(=C\NC(CCC)CCC)OC1=CC=CCC1)S(N)=O)C(=O)O. The van der Waals surface area contributed by atoms with Gasteiger partial charge in [-0.15, -0.1) is 0 Å². The third-order valence-corrected chi connectivity index (χ3v) is 4.73. The first-order valence-corrected chi connectivity index (χ1v) is 10.4. The Hall–Kier alpha value is -2.12. The van der Waals surface area contributed by atoms with Gasteiger partial charge in [-0.2, -0.15) is 0 Å². The average Bonchev–Trinajstić information content (AvgIpc) is 2.63. The maximum absolute atomic E-state index is 12.1. The number of hydrogen-bond acceptors (Lipinski definition) is 4. The van der Waals surface area contributed by atoms with Crippen LogP contribution in [0.4, 0.5) is 0 Å². The molecule has 0 spiro atoms. The summed E-state index contributed by atoms with van der Waals surface area (Å²) in [6.07, 6.45) is 14.1. The van der Waals surface area contributed by atoms with Crippen LogP contribution in [-0.4, -0.2) is 21.3 Å². The molecular weight excluding hydrogens is 364 g/mol. The predicted octanol–water partition coefficient (Wildman–Crippen LogP) is 3.78. The molecule has 0 saturated heterocycles. The van der Waals surface area contributed by atoms with E-state index in [9.17, 15) is 9.00 Å². The quantitative estimate of drug-likeness (QED) is 0.266. The van der Waals surface area contributed by atoms with E-state index in [1.807, 2.05) is 18.2 Å². The summed E-state index contributed by atoms with van der Waals surface area (Å²) in [5.41, 5.74) is -0.213. The molecule has 0 aliphatic heterocycles. The largest absolute Gasteiger partial charge is 0.478 e. The zero-order valence-corrected chi connectivity index (χ0v) is 16.9. The van der Waals surface area contributed by atoms with Gasteiger partial charge < -0.3 is 15.2 Å². The van der Waals surface area contributed by atoms with E-state index in [1.165, 1.54) is 6.08 Å². The minimum atomic E-state index is -1.94. The summed E-state index contributed by atoms with van der Waals surface area (Å²) in [7, 11) is -1.94. The van der Waals surface area contributed by atoms with Gasteiger partial charge in [0, 0.05) is 18.7 Å². The number of aliphatic carboxylic acids is 1. The van der Waals surface area contributed by atoms with E-state index >= 15 is 0 Å². The van der Waals surface area contributed by atoms with Crippen molar-refractivity contribution < 1.29 is 18.8 Å². The van der Waals surface area contributed by atoms with Crippen molar-refractivity contribution in [2.24, 2.45) is 5.14 Å². The summed E-state index contributed by atoms with van der Waals surface area (Å²) in [4.78, 5) is 11.2. The number of allylic oxidation sites excluding steroid dienone is 4. The second kappa shape index (κ2) is 12.3. The number of nitrogens with one attached hydrogen (secondary N) is 1. The van der Waals surface area contributed by atoms with Gasteiger partial charge >= 0.3 is 5.97 Å². The Labute approximate surface area is 164 Å². The number of ether oxygens (including phenoxy) is 1. The first kappa shape index (κ1) is 22.9. The van der Waals surface area contributed by atoms with E-state index < -0.39 is 17.0 Å². The molecule has 0 amide bonds. The van der Waals surface area contributed by atoms with Crippen LogP contribution >= 0.6 is 0 Å². The Morgan fingerprint density at radius 1 is 1.44 bits per heavy atom. The lowest BCUT2D eigenvalue weighted by molar-refractivity contribution is -0.132. The number of carboxylic acids is 1. The van der Waals surface area contributed by atoms with E-state index in [-0.39, 0.29) is 22.3 Å². The molecule has 1 unspecified atom stereocenters. The third-order valence-electron chi connectivity index (χ3n) is 3.98. The second-order valence-electron chi connectivity index (χ2n) is 6.29. The van der Waals surface area contributed by atoms with Crippen molar-refractivity contribution in [3.05, 3.63) is 59.1 Å². The number of nitrogens with two attached hydrogens (primary N) is 1. The minimum Gasteiger partial charge on any atom is -0.478 e. The highest BCUT2D eigenvalue weighted by atomic mass is 32.2. The van der Waals surface area contributed by atoms with Crippen molar-refractivity contribution in [1.29, 1.82) is 0 Å². The molecule has 0 radical (unpaired) electrons. The molecule has 0 bridgehead atoms. The van der Waals surface area contributed by atoms with Gasteiger partial charge in [-0.3, -0.25) is 0 Å². The fraction of sp³-hybridized carbons (Fsp3) is 0.450. The van der Waals surface area contributed by atoms with Crippen LogP contribution in [0.15, 0.2) is 59.1 Å². The van der Waals surface area contributed by atoms with E-state index in [4.69, 9.17) is 15.0 Å². The molecule has 1 rings (SSSR count). The number of carboxylic acid groups (broad SMARTS) is 1. The van der Waals surface area contributed by atoms with Crippen molar-refractivity contribution in [3.63, 3.8) is 0 Å². The Bertz CT molecular complexity index is 671. The van der Waals surface area contributed by atoms with Crippen LogP contribution in [0.25, 0.3) is 0 Å². The molecule has 0 fully saturated rings. The topological polar surface area (TPSA) is 102 Å². The third kappa shape index (κ3) is 8.41. The van der Waals surface area contributed by atoms with Gasteiger partial charge in [0.25, 0.3) is 0 Å². The normalized spacial score (nSPS) is 16.1. The molecule has 27 heavy (non-hydrogen) atoms. The van der Waals surface area contributed by atoms with E-state index in [0.717, 1.165) is 32.1 Å². The second-order valence-corrected chi connectivity index (χ2v) is 7.32. The van der Waals surface area contributed by atoms with Crippen molar-refractivity contribution in [2.75, 3.05) is 0 Å². The van der Waals surface area contributed by atoms with Crippen LogP contribution in [0, 0.1) is 0 Å². The minimum absolute atomic E-state index is 0.0806. The summed E-state index contributed by atoms with van der Waals surface area (Å²) in [6.45, 7) is 7.69. The molecule has 1 atom stereocenters. The molecule has 0 heterocycles. The van der Waals surface area contributed by atoms with Crippen LogP contribution in [-0.2, 0) is 20.5 Å². The Morgan fingerprint density at radius 3 is 2.59 bits per heavy atom. The van der Waals surface area contributed by atoms with Crippen LogP contribution in [0.5, 0.6) is 0 Å². The summed E-state index contributed by atoms with van der Waals surface area (Å²) in [5, 5.41) is 18.0. The van der Waals surface area contributed by atoms with Crippen molar-refractivity contribution in [3.8, 4) is 0 Å². The molecule has 7 heteroatoms. The fourth-order valence-corrected chi connectivity index (χ4v) is 3.16. The predicted molar refractivity (Wildman–Crippen MR) is 110 cm³/mol. The summed E-state index contributed by atoms with van der Waals surface area (Å²) in [6, 6.07) is 0.244. The van der Waals surface area contributed by atoms with E-state index in [0.29, 0.717) is 12.2 Å². The van der Waals surface area contributed by atoms with Crippen molar-refractivity contribution in [2.45, 2.75) is 58.4 Å². The molecule has 4 N–H and O–H groups in total. The molecule has 1 aliphatic carbocycles. The molecule has 1 aliphatic rings. The molecule has 0 saturated carbocycles. The Balaban J connectivity index is 3.20. The first-order chi connectivity index (χ1) is 12.9.